The summed E-state index contributed by atoms with van der Waals surface area (Å²) < 4.78 is 69.0. The van der Waals surface area contributed by atoms with Gasteiger partial charge in [-0.05, 0) is 43.4 Å². The van der Waals surface area contributed by atoms with E-state index in [4.69, 9.17) is 37.0 Å². The van der Waals surface area contributed by atoms with Crippen LogP contribution in [-0.2, 0) is 65.4 Å². The molecular weight excluding hydrogens is 1390 g/mol. The zero-order chi connectivity index (χ0) is 78.6. The third-order valence-corrected chi connectivity index (χ3v) is 22.9. The molecule has 0 aliphatic carbocycles. The molecule has 0 saturated carbocycles. The number of unbranched alkanes of at least 4 members (excludes halogenated alkanes) is 53. The fraction of sp³-hybridized carbons (Fsp3) is 0.955. The Hall–Kier alpha value is -1.94. The summed E-state index contributed by atoms with van der Waals surface area (Å²) in [7, 11) is -9.93. The van der Waals surface area contributed by atoms with Gasteiger partial charge >= 0.3 is 39.5 Å². The van der Waals surface area contributed by atoms with Crippen molar-refractivity contribution >= 4 is 39.5 Å². The zero-order valence-corrected chi connectivity index (χ0v) is 72.4. The standard InChI is InChI=1S/C88H172O17P2/c1-8-10-11-12-13-14-15-34-41-48-55-62-69-85(90)98-75-83(104-88(93)72-65-58-51-44-37-30-24-23-27-33-40-47-54-61-68-81(7)9-2)77-102-106(94,95)100-73-82(89)74-101-107(96,97)103-78-84(76-99-86(91)70-63-56-49-42-35-28-22-18-20-26-32-39-46-53-60-67-80(5)6)105-87(92)71-64-57-50-43-36-29-21-17-16-19-25-31-38-45-52-59-66-79(3)4/h79-84,89H,8-78H2,1-7H3,(H,94,95)(H,96,97)/t81?,82-,83+,84+/m0/s1. The van der Waals surface area contributed by atoms with Gasteiger partial charge in [0.1, 0.15) is 19.3 Å². The van der Waals surface area contributed by atoms with Crippen molar-refractivity contribution in [3.63, 3.8) is 0 Å². The minimum Gasteiger partial charge on any atom is -0.462 e. The van der Waals surface area contributed by atoms with Crippen LogP contribution in [0.25, 0.3) is 0 Å². The van der Waals surface area contributed by atoms with Gasteiger partial charge in [-0.1, -0.05) is 414 Å². The molecule has 0 aromatic rings. The maximum atomic E-state index is 13.2. The highest BCUT2D eigenvalue weighted by Gasteiger charge is 2.31. The number of esters is 4. The lowest BCUT2D eigenvalue weighted by molar-refractivity contribution is -0.161. The van der Waals surface area contributed by atoms with Crippen molar-refractivity contribution in [2.24, 2.45) is 17.8 Å². The van der Waals surface area contributed by atoms with E-state index < -0.39 is 97.5 Å². The number of phosphoric ester groups is 2. The molecule has 19 heteroatoms. The number of carbonyl (C=O) groups excluding carboxylic acids is 4. The van der Waals surface area contributed by atoms with E-state index in [9.17, 15) is 43.2 Å². The monoisotopic (exact) mass is 1560 g/mol. The Labute approximate surface area is 658 Å². The Morgan fingerprint density at radius 3 is 0.710 bits per heavy atom. The summed E-state index contributed by atoms with van der Waals surface area (Å²) in [5, 5.41) is 10.7. The van der Waals surface area contributed by atoms with Gasteiger partial charge in [-0.3, -0.25) is 37.3 Å². The molecular formula is C88H172O17P2. The third-order valence-electron chi connectivity index (χ3n) is 21.0. The molecule has 3 unspecified atom stereocenters. The zero-order valence-electron chi connectivity index (χ0n) is 70.6. The predicted octanol–water partition coefficient (Wildman–Crippen LogP) is 26.9. The van der Waals surface area contributed by atoms with Crippen molar-refractivity contribution in [1.29, 1.82) is 0 Å². The second-order valence-corrected chi connectivity index (χ2v) is 35.7. The van der Waals surface area contributed by atoms with Gasteiger partial charge in [-0.25, -0.2) is 9.13 Å². The topological polar surface area (TPSA) is 237 Å². The first-order valence-corrected chi connectivity index (χ1v) is 48.4. The fourth-order valence-electron chi connectivity index (χ4n) is 13.7. The van der Waals surface area contributed by atoms with Crippen LogP contribution in [0.15, 0.2) is 0 Å². The summed E-state index contributed by atoms with van der Waals surface area (Å²) in [5.41, 5.74) is 0. The van der Waals surface area contributed by atoms with Gasteiger partial charge in [0, 0.05) is 25.7 Å². The van der Waals surface area contributed by atoms with E-state index in [0.717, 1.165) is 108 Å². The SMILES string of the molecule is CCCCCCCCCCCCCCC(=O)OC[C@H](COP(=O)(O)OC[C@H](O)COP(=O)(O)OC[C@@H](COC(=O)CCCCCCCCCCCCCCCCCC(C)C)OC(=O)CCCCCCCCCCCCCCCCCCC(C)C)OC(=O)CCCCCCCCCCCCCCCCC(C)CC. The molecule has 0 radical (unpaired) electrons. The van der Waals surface area contributed by atoms with Crippen LogP contribution in [0.2, 0.25) is 0 Å². The largest absolute Gasteiger partial charge is 0.472 e. The second-order valence-electron chi connectivity index (χ2n) is 32.8. The number of aliphatic hydroxyl groups is 1. The number of aliphatic hydroxyl groups excluding tert-OH is 1. The minimum absolute atomic E-state index is 0.108. The quantitative estimate of drug-likeness (QED) is 0.0222. The highest BCUT2D eigenvalue weighted by molar-refractivity contribution is 7.47. The van der Waals surface area contributed by atoms with Crippen LogP contribution in [0, 0.1) is 17.8 Å². The van der Waals surface area contributed by atoms with Gasteiger partial charge in [0.2, 0.25) is 0 Å². The molecule has 0 aliphatic rings. The Bertz CT molecular complexity index is 2060. The average Bonchev–Trinajstić information content (AvgIpc) is 0.912. The Morgan fingerprint density at radius 1 is 0.271 bits per heavy atom. The number of phosphoric acid groups is 2. The summed E-state index contributed by atoms with van der Waals surface area (Å²) in [6.45, 7) is 12.1. The highest BCUT2D eigenvalue weighted by Crippen LogP contribution is 2.45. The molecule has 0 aromatic carbocycles. The molecule has 0 spiro atoms. The van der Waals surface area contributed by atoms with E-state index in [2.05, 4.69) is 48.5 Å². The lowest BCUT2D eigenvalue weighted by Gasteiger charge is -2.21. The number of rotatable bonds is 86. The van der Waals surface area contributed by atoms with Crippen LogP contribution in [-0.4, -0.2) is 96.7 Å². The minimum atomic E-state index is -4.97. The van der Waals surface area contributed by atoms with Crippen LogP contribution >= 0.6 is 15.6 Å². The molecule has 17 nitrogen and oxygen atoms in total. The lowest BCUT2D eigenvalue weighted by atomic mass is 9.99. The maximum absolute atomic E-state index is 13.2. The van der Waals surface area contributed by atoms with Crippen molar-refractivity contribution < 1.29 is 80.2 Å². The van der Waals surface area contributed by atoms with Crippen molar-refractivity contribution in [2.45, 2.75) is 484 Å². The summed E-state index contributed by atoms with van der Waals surface area (Å²) >= 11 is 0. The molecule has 0 amide bonds. The number of carbonyl (C=O) groups is 4. The predicted molar refractivity (Wildman–Crippen MR) is 441 cm³/mol. The summed E-state index contributed by atoms with van der Waals surface area (Å²) in [5.74, 6) is 0.362. The van der Waals surface area contributed by atoms with Crippen molar-refractivity contribution in [1.82, 2.24) is 0 Å². The maximum Gasteiger partial charge on any atom is 0.472 e. The van der Waals surface area contributed by atoms with E-state index in [1.165, 1.54) is 276 Å². The second kappa shape index (κ2) is 78.0. The number of hydrogen-bond acceptors (Lipinski definition) is 15. The van der Waals surface area contributed by atoms with Crippen molar-refractivity contribution in [3.05, 3.63) is 0 Å². The van der Waals surface area contributed by atoms with Gasteiger partial charge in [0.05, 0.1) is 26.4 Å². The van der Waals surface area contributed by atoms with E-state index in [-0.39, 0.29) is 25.7 Å². The van der Waals surface area contributed by atoms with E-state index in [1.807, 2.05) is 0 Å². The average molecular weight is 1560 g/mol. The van der Waals surface area contributed by atoms with E-state index >= 15 is 0 Å². The first-order chi connectivity index (χ1) is 51.8. The van der Waals surface area contributed by atoms with Gasteiger partial charge in [-0.15, -0.1) is 0 Å². The molecule has 6 atom stereocenters. The smallest absolute Gasteiger partial charge is 0.462 e. The molecule has 0 aromatic heterocycles. The normalized spacial score (nSPS) is 14.1. The molecule has 0 saturated heterocycles. The summed E-state index contributed by atoms with van der Waals surface area (Å²) in [6.07, 6.45) is 69.2. The van der Waals surface area contributed by atoms with Gasteiger partial charge in [-0.2, -0.15) is 0 Å². The van der Waals surface area contributed by atoms with Crippen LogP contribution < -0.4 is 0 Å². The first-order valence-electron chi connectivity index (χ1n) is 45.4. The molecule has 636 valence electrons. The van der Waals surface area contributed by atoms with Crippen LogP contribution in [0.3, 0.4) is 0 Å². The first kappa shape index (κ1) is 105. The van der Waals surface area contributed by atoms with Gasteiger partial charge < -0.3 is 33.8 Å². The lowest BCUT2D eigenvalue weighted by Crippen LogP contribution is -2.30. The number of ether oxygens (including phenoxy) is 4. The Kier molecular flexibility index (Phi) is 76.6. The number of hydrogen-bond donors (Lipinski definition) is 3. The fourth-order valence-corrected chi connectivity index (χ4v) is 15.3. The van der Waals surface area contributed by atoms with Crippen LogP contribution in [0.4, 0.5) is 0 Å². The Balaban J connectivity index is 5.26. The van der Waals surface area contributed by atoms with Crippen LogP contribution in [0.5, 0.6) is 0 Å². The van der Waals surface area contributed by atoms with Crippen molar-refractivity contribution in [3.8, 4) is 0 Å². The van der Waals surface area contributed by atoms with Crippen molar-refractivity contribution in [2.75, 3.05) is 39.6 Å². The molecule has 3 N–H and O–H groups in total. The highest BCUT2D eigenvalue weighted by atomic mass is 31.2. The summed E-state index contributed by atoms with van der Waals surface area (Å²) in [6, 6.07) is 0. The summed E-state index contributed by atoms with van der Waals surface area (Å²) in [4.78, 5) is 73.3. The van der Waals surface area contributed by atoms with Crippen LogP contribution in [0.1, 0.15) is 466 Å². The molecule has 0 bridgehead atoms. The molecule has 0 aliphatic heterocycles. The van der Waals surface area contributed by atoms with Gasteiger partial charge in [0.25, 0.3) is 0 Å². The van der Waals surface area contributed by atoms with E-state index in [0.29, 0.717) is 25.7 Å². The van der Waals surface area contributed by atoms with E-state index in [1.54, 1.807) is 0 Å². The van der Waals surface area contributed by atoms with Gasteiger partial charge in [0.15, 0.2) is 12.2 Å². The molecule has 0 rings (SSSR count). The molecule has 0 fully saturated rings. The third kappa shape index (κ3) is 80.5. The molecule has 107 heavy (non-hydrogen) atoms. The Morgan fingerprint density at radius 2 is 0.477 bits per heavy atom. The molecule has 0 heterocycles.